The number of likely N-dealkylation sites (tertiary alicyclic amines) is 1. The summed E-state index contributed by atoms with van der Waals surface area (Å²) >= 11 is 3.40. The molecule has 1 aromatic rings. The van der Waals surface area contributed by atoms with E-state index in [2.05, 4.69) is 29.8 Å². The maximum atomic E-state index is 12.6. The molecule has 0 aliphatic carbocycles. The molecule has 20 heavy (non-hydrogen) atoms. The molecule has 1 amide bonds. The van der Waals surface area contributed by atoms with Crippen molar-refractivity contribution in [1.82, 2.24) is 4.90 Å². The maximum Gasteiger partial charge on any atom is 0.255 e. The number of nitrogens with zero attached hydrogens (tertiary/aromatic N) is 1. The lowest BCUT2D eigenvalue weighted by Crippen LogP contribution is -2.43. The van der Waals surface area contributed by atoms with Crippen molar-refractivity contribution in [3.05, 3.63) is 28.2 Å². The minimum absolute atomic E-state index is 0.0598. The SMILES string of the molecule is CCC1(CC)CCN(C(=O)c2cc(Br)ccc2N)CC1. The van der Waals surface area contributed by atoms with Gasteiger partial charge in [0.05, 0.1) is 5.56 Å². The number of anilines is 1. The maximum absolute atomic E-state index is 12.6. The number of amides is 1. The number of hydrogen-bond donors (Lipinski definition) is 1. The first-order valence-corrected chi connectivity index (χ1v) is 8.15. The van der Waals surface area contributed by atoms with Crippen molar-refractivity contribution < 1.29 is 4.79 Å². The molecular formula is C16H23BrN2O. The second-order valence-electron chi connectivity index (χ2n) is 5.73. The Labute approximate surface area is 129 Å². The average Bonchev–Trinajstić information content (AvgIpc) is 2.49. The lowest BCUT2D eigenvalue weighted by atomic mass is 9.74. The summed E-state index contributed by atoms with van der Waals surface area (Å²) < 4.78 is 0.892. The summed E-state index contributed by atoms with van der Waals surface area (Å²) in [6.45, 7) is 6.19. The third-order valence-corrected chi connectivity index (χ3v) is 5.35. The molecule has 1 aromatic carbocycles. The number of halogens is 1. The van der Waals surface area contributed by atoms with Crippen LogP contribution in [0.1, 0.15) is 49.9 Å². The molecule has 0 spiro atoms. The van der Waals surface area contributed by atoms with Crippen molar-refractivity contribution in [2.45, 2.75) is 39.5 Å². The highest BCUT2D eigenvalue weighted by Gasteiger charge is 2.33. The number of carbonyl (C=O) groups excluding carboxylic acids is 1. The van der Waals surface area contributed by atoms with Gasteiger partial charge >= 0.3 is 0 Å². The Morgan fingerprint density at radius 3 is 2.45 bits per heavy atom. The molecule has 1 aliphatic heterocycles. The fraction of sp³-hybridized carbons (Fsp3) is 0.562. The van der Waals surface area contributed by atoms with Crippen LogP contribution in [0.4, 0.5) is 5.69 Å². The molecule has 110 valence electrons. The first kappa shape index (κ1) is 15.4. The Kier molecular flexibility index (Phi) is 4.74. The Balaban J connectivity index is 2.10. The molecule has 0 radical (unpaired) electrons. The van der Waals surface area contributed by atoms with Crippen LogP contribution in [-0.4, -0.2) is 23.9 Å². The lowest BCUT2D eigenvalue weighted by molar-refractivity contribution is 0.0558. The minimum atomic E-state index is 0.0598. The number of hydrogen-bond acceptors (Lipinski definition) is 2. The highest BCUT2D eigenvalue weighted by Crippen LogP contribution is 2.38. The van der Waals surface area contributed by atoms with Gasteiger partial charge < -0.3 is 10.6 Å². The monoisotopic (exact) mass is 338 g/mol. The number of carbonyl (C=O) groups is 1. The molecule has 0 atom stereocenters. The van der Waals surface area contributed by atoms with Crippen LogP contribution in [0, 0.1) is 5.41 Å². The topological polar surface area (TPSA) is 46.3 Å². The number of rotatable bonds is 3. The van der Waals surface area contributed by atoms with Gasteiger partial charge in [0, 0.05) is 23.2 Å². The van der Waals surface area contributed by atoms with Gasteiger partial charge in [0.1, 0.15) is 0 Å². The Hall–Kier alpha value is -1.03. The summed E-state index contributed by atoms with van der Waals surface area (Å²) in [5.41, 5.74) is 7.53. The molecule has 0 bridgehead atoms. The number of nitrogen functional groups attached to an aromatic ring is 1. The summed E-state index contributed by atoms with van der Waals surface area (Å²) in [4.78, 5) is 14.5. The first-order chi connectivity index (χ1) is 9.51. The van der Waals surface area contributed by atoms with Gasteiger partial charge in [0.25, 0.3) is 5.91 Å². The van der Waals surface area contributed by atoms with Gasteiger partial charge in [-0.1, -0.05) is 42.6 Å². The quantitative estimate of drug-likeness (QED) is 0.844. The van der Waals surface area contributed by atoms with Crippen molar-refractivity contribution in [3.8, 4) is 0 Å². The fourth-order valence-electron chi connectivity index (χ4n) is 3.03. The van der Waals surface area contributed by atoms with E-state index in [-0.39, 0.29) is 5.91 Å². The molecule has 4 heteroatoms. The number of piperidine rings is 1. The van der Waals surface area contributed by atoms with E-state index in [1.54, 1.807) is 6.07 Å². The Bertz CT molecular complexity index is 487. The predicted octanol–water partition coefficient (Wildman–Crippen LogP) is 4.07. The highest BCUT2D eigenvalue weighted by atomic mass is 79.9. The van der Waals surface area contributed by atoms with Crippen molar-refractivity contribution in [3.63, 3.8) is 0 Å². The van der Waals surface area contributed by atoms with Crippen molar-refractivity contribution in [1.29, 1.82) is 0 Å². The first-order valence-electron chi connectivity index (χ1n) is 7.35. The summed E-state index contributed by atoms with van der Waals surface area (Å²) in [6.07, 6.45) is 4.59. The van der Waals surface area contributed by atoms with Crippen molar-refractivity contribution in [2.24, 2.45) is 5.41 Å². The molecule has 1 aliphatic rings. The van der Waals surface area contributed by atoms with E-state index in [1.165, 1.54) is 12.8 Å². The van der Waals surface area contributed by atoms with E-state index in [0.29, 0.717) is 16.7 Å². The van der Waals surface area contributed by atoms with E-state index in [1.807, 2.05) is 17.0 Å². The van der Waals surface area contributed by atoms with Crippen LogP contribution >= 0.6 is 15.9 Å². The van der Waals surface area contributed by atoms with Gasteiger partial charge in [-0.15, -0.1) is 0 Å². The minimum Gasteiger partial charge on any atom is -0.398 e. The molecule has 1 saturated heterocycles. The van der Waals surface area contributed by atoms with Gasteiger partial charge in [-0.3, -0.25) is 4.79 Å². The van der Waals surface area contributed by atoms with Gasteiger partial charge in [-0.25, -0.2) is 0 Å². The molecule has 3 nitrogen and oxygen atoms in total. The molecule has 1 heterocycles. The van der Waals surface area contributed by atoms with Crippen molar-refractivity contribution >= 4 is 27.5 Å². The van der Waals surface area contributed by atoms with Gasteiger partial charge in [-0.2, -0.15) is 0 Å². The Morgan fingerprint density at radius 1 is 1.30 bits per heavy atom. The zero-order chi connectivity index (χ0) is 14.8. The zero-order valence-electron chi connectivity index (χ0n) is 12.3. The van der Waals surface area contributed by atoms with E-state index in [0.717, 1.165) is 30.4 Å². The standard InChI is InChI=1S/C16H23BrN2O/c1-3-16(4-2)7-9-19(10-8-16)15(20)13-11-12(17)5-6-14(13)18/h5-6,11H,3-4,7-10,18H2,1-2H3. The number of nitrogens with two attached hydrogens (primary N) is 1. The van der Waals surface area contributed by atoms with Gasteiger partial charge in [0.15, 0.2) is 0 Å². The average molecular weight is 339 g/mol. The van der Waals surface area contributed by atoms with Crippen LogP contribution in [0.5, 0.6) is 0 Å². The smallest absolute Gasteiger partial charge is 0.255 e. The van der Waals surface area contributed by atoms with Crippen LogP contribution < -0.4 is 5.73 Å². The lowest BCUT2D eigenvalue weighted by Gasteiger charge is -2.41. The summed E-state index contributed by atoms with van der Waals surface area (Å²) in [5.74, 6) is 0.0598. The summed E-state index contributed by atoms with van der Waals surface area (Å²) in [6, 6.07) is 5.46. The Morgan fingerprint density at radius 2 is 1.90 bits per heavy atom. The van der Waals surface area contributed by atoms with E-state index in [9.17, 15) is 4.79 Å². The third kappa shape index (κ3) is 3.00. The van der Waals surface area contributed by atoms with E-state index >= 15 is 0 Å². The molecule has 0 saturated carbocycles. The molecule has 2 N–H and O–H groups in total. The van der Waals surface area contributed by atoms with Crippen LogP contribution in [0.15, 0.2) is 22.7 Å². The molecular weight excluding hydrogens is 316 g/mol. The predicted molar refractivity (Wildman–Crippen MR) is 86.7 cm³/mol. The molecule has 2 rings (SSSR count). The van der Waals surface area contributed by atoms with Gasteiger partial charge in [0.2, 0.25) is 0 Å². The van der Waals surface area contributed by atoms with Crippen LogP contribution in [-0.2, 0) is 0 Å². The highest BCUT2D eigenvalue weighted by molar-refractivity contribution is 9.10. The van der Waals surface area contributed by atoms with E-state index in [4.69, 9.17) is 5.73 Å². The van der Waals surface area contributed by atoms with Crippen LogP contribution in [0.3, 0.4) is 0 Å². The fourth-order valence-corrected chi connectivity index (χ4v) is 3.39. The van der Waals surface area contributed by atoms with Gasteiger partial charge in [-0.05, 0) is 36.5 Å². The second-order valence-corrected chi connectivity index (χ2v) is 6.65. The largest absolute Gasteiger partial charge is 0.398 e. The van der Waals surface area contributed by atoms with E-state index < -0.39 is 0 Å². The zero-order valence-corrected chi connectivity index (χ0v) is 13.9. The molecule has 1 fully saturated rings. The van der Waals surface area contributed by atoms with Crippen LogP contribution in [0.25, 0.3) is 0 Å². The van der Waals surface area contributed by atoms with Crippen LogP contribution in [0.2, 0.25) is 0 Å². The normalized spacial score (nSPS) is 18.1. The summed E-state index contributed by atoms with van der Waals surface area (Å²) in [5, 5.41) is 0. The molecule has 0 aromatic heterocycles. The number of benzene rings is 1. The molecule has 0 unspecified atom stereocenters. The third-order valence-electron chi connectivity index (χ3n) is 4.86. The van der Waals surface area contributed by atoms with Crippen molar-refractivity contribution in [2.75, 3.05) is 18.8 Å². The summed E-state index contributed by atoms with van der Waals surface area (Å²) in [7, 11) is 0. The second kappa shape index (κ2) is 6.17.